The van der Waals surface area contributed by atoms with Crippen molar-refractivity contribution in [1.29, 1.82) is 0 Å². The van der Waals surface area contributed by atoms with E-state index in [9.17, 15) is 4.79 Å². The van der Waals surface area contributed by atoms with Crippen molar-refractivity contribution in [2.24, 2.45) is 0 Å². The lowest BCUT2D eigenvalue weighted by Gasteiger charge is -2.11. The molecular weight excluding hydrogens is 200 g/mol. The summed E-state index contributed by atoms with van der Waals surface area (Å²) in [7, 11) is 1.65. The minimum absolute atomic E-state index is 0.743. The molecule has 0 aliphatic heterocycles. The number of carbonyl (C=O) groups excluding carboxylic acids is 1. The van der Waals surface area contributed by atoms with Crippen LogP contribution in [0.3, 0.4) is 0 Å². The monoisotopic (exact) mass is 216 g/mol. The molecule has 0 N–H and O–H groups in total. The summed E-state index contributed by atoms with van der Waals surface area (Å²) in [6, 6.07) is 5.62. The zero-order chi connectivity index (χ0) is 11.4. The molecule has 2 heteroatoms. The Morgan fingerprint density at radius 2 is 2.31 bits per heavy atom. The first kappa shape index (κ1) is 10.9. The molecule has 0 radical (unpaired) electrons. The maximum atomic E-state index is 11.0. The van der Waals surface area contributed by atoms with Gasteiger partial charge in [-0.1, -0.05) is 23.8 Å². The quantitative estimate of drug-likeness (QED) is 0.571. The van der Waals surface area contributed by atoms with Crippen molar-refractivity contribution in [3.63, 3.8) is 0 Å². The Balaban J connectivity index is 2.32. The smallest absolute Gasteiger partial charge is 0.150 e. The standard InChI is InChI=1S/C14H16O2/c1-16-14-8-4-7-12(10-15)13(14)9-11-5-2-3-6-11/h4-5,7-8,10H,2-3,6,9H2,1H3. The lowest BCUT2D eigenvalue weighted by atomic mass is 9.99. The third-order valence-electron chi connectivity index (χ3n) is 3.06. The van der Waals surface area contributed by atoms with Gasteiger partial charge in [-0.2, -0.15) is 0 Å². The number of aldehydes is 1. The summed E-state index contributed by atoms with van der Waals surface area (Å²) in [5.74, 6) is 0.817. The van der Waals surface area contributed by atoms with Crippen molar-refractivity contribution in [1.82, 2.24) is 0 Å². The highest BCUT2D eigenvalue weighted by atomic mass is 16.5. The molecule has 0 aromatic heterocycles. The second-order valence-corrected chi connectivity index (χ2v) is 4.08. The highest BCUT2D eigenvalue weighted by molar-refractivity contribution is 5.79. The Kier molecular flexibility index (Phi) is 3.40. The van der Waals surface area contributed by atoms with Gasteiger partial charge in [0.2, 0.25) is 0 Å². The average molecular weight is 216 g/mol. The van der Waals surface area contributed by atoms with E-state index in [-0.39, 0.29) is 0 Å². The van der Waals surface area contributed by atoms with Gasteiger partial charge in [0.1, 0.15) is 12.0 Å². The molecule has 2 nitrogen and oxygen atoms in total. The number of rotatable bonds is 4. The Bertz CT molecular complexity index is 419. The molecule has 0 fully saturated rings. The third-order valence-corrected chi connectivity index (χ3v) is 3.06. The van der Waals surface area contributed by atoms with Crippen LogP contribution < -0.4 is 4.74 Å². The lowest BCUT2D eigenvalue weighted by Crippen LogP contribution is -1.99. The maximum absolute atomic E-state index is 11.0. The molecule has 0 spiro atoms. The van der Waals surface area contributed by atoms with Gasteiger partial charge in [0.15, 0.2) is 0 Å². The molecule has 0 bridgehead atoms. The molecule has 0 atom stereocenters. The van der Waals surface area contributed by atoms with Crippen LogP contribution in [0.25, 0.3) is 0 Å². The molecule has 16 heavy (non-hydrogen) atoms. The third kappa shape index (κ3) is 2.16. The zero-order valence-corrected chi connectivity index (χ0v) is 9.53. The second kappa shape index (κ2) is 4.97. The number of benzene rings is 1. The molecule has 1 aliphatic carbocycles. The van der Waals surface area contributed by atoms with Crippen LogP contribution in [-0.4, -0.2) is 13.4 Å². The maximum Gasteiger partial charge on any atom is 0.150 e. The molecule has 2 rings (SSSR count). The number of methoxy groups -OCH3 is 1. The van der Waals surface area contributed by atoms with Gasteiger partial charge in [-0.3, -0.25) is 4.79 Å². The van der Waals surface area contributed by atoms with Gasteiger partial charge in [-0.15, -0.1) is 0 Å². The summed E-state index contributed by atoms with van der Waals surface area (Å²) >= 11 is 0. The van der Waals surface area contributed by atoms with Crippen LogP contribution in [0.4, 0.5) is 0 Å². The van der Waals surface area contributed by atoms with E-state index in [0.29, 0.717) is 0 Å². The predicted molar refractivity (Wildman–Crippen MR) is 64.0 cm³/mol. The van der Waals surface area contributed by atoms with E-state index in [4.69, 9.17) is 4.74 Å². The van der Waals surface area contributed by atoms with Gasteiger partial charge in [-0.05, 0) is 31.7 Å². The van der Waals surface area contributed by atoms with Crippen LogP contribution in [-0.2, 0) is 6.42 Å². The van der Waals surface area contributed by atoms with Gasteiger partial charge in [0, 0.05) is 11.1 Å². The molecule has 0 amide bonds. The zero-order valence-electron chi connectivity index (χ0n) is 9.53. The second-order valence-electron chi connectivity index (χ2n) is 4.08. The van der Waals surface area contributed by atoms with E-state index >= 15 is 0 Å². The summed E-state index contributed by atoms with van der Waals surface area (Å²) in [4.78, 5) is 11.0. The molecule has 0 unspecified atom stereocenters. The first-order valence-corrected chi connectivity index (χ1v) is 5.64. The molecule has 0 heterocycles. The van der Waals surface area contributed by atoms with Crippen LogP contribution in [0, 0.1) is 0 Å². The number of allylic oxidation sites excluding steroid dienone is 2. The predicted octanol–water partition coefficient (Wildman–Crippen LogP) is 3.16. The van der Waals surface area contributed by atoms with Crippen molar-refractivity contribution >= 4 is 6.29 Å². The number of ether oxygens (including phenoxy) is 1. The molecule has 84 valence electrons. The number of hydrogen-bond acceptors (Lipinski definition) is 2. The summed E-state index contributed by atoms with van der Waals surface area (Å²) < 4.78 is 5.31. The van der Waals surface area contributed by atoms with E-state index < -0.39 is 0 Å². The molecule has 1 aromatic carbocycles. The van der Waals surface area contributed by atoms with Crippen molar-refractivity contribution in [3.05, 3.63) is 41.0 Å². The van der Waals surface area contributed by atoms with Crippen LogP contribution >= 0.6 is 0 Å². The van der Waals surface area contributed by atoms with Crippen molar-refractivity contribution in [2.75, 3.05) is 7.11 Å². The largest absolute Gasteiger partial charge is 0.496 e. The summed E-state index contributed by atoms with van der Waals surface area (Å²) in [5, 5.41) is 0. The summed E-state index contributed by atoms with van der Waals surface area (Å²) in [6.07, 6.45) is 7.59. The lowest BCUT2D eigenvalue weighted by molar-refractivity contribution is 0.112. The van der Waals surface area contributed by atoms with Crippen LogP contribution in [0.1, 0.15) is 35.2 Å². The van der Waals surface area contributed by atoms with Gasteiger partial charge in [-0.25, -0.2) is 0 Å². The van der Waals surface area contributed by atoms with Crippen molar-refractivity contribution in [3.8, 4) is 5.75 Å². The molecular formula is C14H16O2. The Hall–Kier alpha value is -1.57. The molecule has 1 aliphatic rings. The molecule has 0 saturated carbocycles. The minimum Gasteiger partial charge on any atom is -0.496 e. The normalized spacial score (nSPS) is 14.7. The van der Waals surface area contributed by atoms with Gasteiger partial charge in [0.25, 0.3) is 0 Å². The fourth-order valence-corrected chi connectivity index (χ4v) is 2.20. The van der Waals surface area contributed by atoms with E-state index in [1.54, 1.807) is 7.11 Å². The topological polar surface area (TPSA) is 26.3 Å². The first-order valence-electron chi connectivity index (χ1n) is 5.64. The van der Waals surface area contributed by atoms with Gasteiger partial charge >= 0.3 is 0 Å². The Labute approximate surface area is 95.9 Å². The van der Waals surface area contributed by atoms with E-state index in [0.717, 1.165) is 36.0 Å². The van der Waals surface area contributed by atoms with Crippen LogP contribution in [0.5, 0.6) is 5.75 Å². The van der Waals surface area contributed by atoms with Crippen molar-refractivity contribution < 1.29 is 9.53 Å². The highest BCUT2D eigenvalue weighted by Gasteiger charge is 2.12. The highest BCUT2D eigenvalue weighted by Crippen LogP contribution is 2.28. The fourth-order valence-electron chi connectivity index (χ4n) is 2.20. The first-order chi connectivity index (χ1) is 7.85. The Morgan fingerprint density at radius 1 is 1.44 bits per heavy atom. The average Bonchev–Trinajstić information content (AvgIpc) is 2.82. The van der Waals surface area contributed by atoms with E-state index in [2.05, 4.69) is 6.08 Å². The Morgan fingerprint density at radius 3 is 2.94 bits per heavy atom. The number of hydrogen-bond donors (Lipinski definition) is 0. The van der Waals surface area contributed by atoms with E-state index in [1.807, 2.05) is 18.2 Å². The summed E-state index contributed by atoms with van der Waals surface area (Å²) in [6.45, 7) is 0. The van der Waals surface area contributed by atoms with Crippen LogP contribution in [0.15, 0.2) is 29.8 Å². The summed E-state index contributed by atoms with van der Waals surface area (Å²) in [5.41, 5.74) is 3.19. The SMILES string of the molecule is COc1cccc(C=O)c1CC1=CCCC1. The van der Waals surface area contributed by atoms with Crippen LogP contribution in [0.2, 0.25) is 0 Å². The van der Waals surface area contributed by atoms with Gasteiger partial charge < -0.3 is 4.74 Å². The number of carbonyl (C=O) groups is 1. The minimum atomic E-state index is 0.743. The van der Waals surface area contributed by atoms with E-state index in [1.165, 1.54) is 18.4 Å². The molecule has 1 aromatic rings. The van der Waals surface area contributed by atoms with Crippen molar-refractivity contribution in [2.45, 2.75) is 25.7 Å². The molecule has 0 saturated heterocycles. The van der Waals surface area contributed by atoms with Gasteiger partial charge in [0.05, 0.1) is 7.11 Å². The fraction of sp³-hybridized carbons (Fsp3) is 0.357.